The number of carbonyl (C=O) groups is 3. The number of amides is 1. The molecule has 0 spiro atoms. The molecule has 0 aliphatic heterocycles. The van der Waals surface area contributed by atoms with E-state index in [4.69, 9.17) is 5.73 Å². The third-order valence-electron chi connectivity index (χ3n) is 7.11. The summed E-state index contributed by atoms with van der Waals surface area (Å²) in [6.07, 6.45) is -0.0404. The highest BCUT2D eigenvalue weighted by molar-refractivity contribution is 6.22. The maximum absolute atomic E-state index is 13.5. The van der Waals surface area contributed by atoms with E-state index in [0.29, 0.717) is 16.8 Å². The van der Waals surface area contributed by atoms with Gasteiger partial charge in [-0.25, -0.2) is 0 Å². The number of aliphatic hydroxyl groups is 3. The first-order valence-electron chi connectivity index (χ1n) is 10.8. The van der Waals surface area contributed by atoms with Crippen LogP contribution in [-0.4, -0.2) is 48.5 Å². The van der Waals surface area contributed by atoms with Crippen molar-refractivity contribution in [2.75, 3.05) is 0 Å². The summed E-state index contributed by atoms with van der Waals surface area (Å²) in [4.78, 5) is 42.2. The molecular weight excluding hydrogens is 440 g/mol. The molecule has 6 N–H and O–H groups in total. The number of aromatic hydroxyl groups is 1. The maximum Gasteiger partial charge on any atom is 0.255 e. The summed E-state index contributed by atoms with van der Waals surface area (Å²) in [6, 6.07) is 8.56. The molecule has 3 aliphatic carbocycles. The van der Waals surface area contributed by atoms with Crippen molar-refractivity contribution in [1.29, 1.82) is 0 Å². The number of primary amides is 1. The lowest BCUT2D eigenvalue weighted by molar-refractivity contribution is -0.147. The Morgan fingerprint density at radius 3 is 2.53 bits per heavy atom. The van der Waals surface area contributed by atoms with Crippen LogP contribution in [0.5, 0.6) is 5.75 Å². The van der Waals surface area contributed by atoms with Crippen molar-refractivity contribution < 1.29 is 34.8 Å². The number of pyridine rings is 1. The van der Waals surface area contributed by atoms with E-state index in [-0.39, 0.29) is 36.1 Å². The minimum atomic E-state index is -2.57. The normalized spacial score (nSPS) is 26.2. The van der Waals surface area contributed by atoms with Gasteiger partial charge in [0, 0.05) is 29.2 Å². The summed E-state index contributed by atoms with van der Waals surface area (Å²) in [5.74, 6) is -6.46. The van der Waals surface area contributed by atoms with Crippen molar-refractivity contribution in [2.24, 2.45) is 17.6 Å². The Bertz CT molecular complexity index is 1370. The Hall–Kier alpha value is -3.98. The van der Waals surface area contributed by atoms with Crippen LogP contribution in [0.2, 0.25) is 0 Å². The van der Waals surface area contributed by atoms with E-state index in [1.54, 1.807) is 12.1 Å². The number of Topliss-reactive ketones (excluding diaryl/α,β-unsaturated/α-hetero) is 2. The van der Waals surface area contributed by atoms with Crippen molar-refractivity contribution in [1.82, 2.24) is 4.98 Å². The Kier molecular flexibility index (Phi) is 4.66. The van der Waals surface area contributed by atoms with E-state index in [1.807, 2.05) is 19.1 Å². The van der Waals surface area contributed by atoms with Crippen LogP contribution in [-0.2, 0) is 20.8 Å². The molecule has 0 bridgehead atoms. The number of benzene rings is 1. The van der Waals surface area contributed by atoms with Gasteiger partial charge in [-0.15, -0.1) is 0 Å². The number of hydrogen-bond donors (Lipinski definition) is 5. The number of hydrogen-bond acceptors (Lipinski definition) is 8. The largest absolute Gasteiger partial charge is 0.508 e. The van der Waals surface area contributed by atoms with Crippen molar-refractivity contribution in [3.8, 4) is 17.0 Å². The van der Waals surface area contributed by atoms with Crippen molar-refractivity contribution in [3.05, 3.63) is 64.1 Å². The number of nitrogens with zero attached hydrogens (tertiary/aromatic N) is 1. The van der Waals surface area contributed by atoms with E-state index in [9.17, 15) is 34.8 Å². The number of fused-ring (bicyclic) bond motifs is 3. The molecule has 1 aromatic carbocycles. The van der Waals surface area contributed by atoms with Crippen molar-refractivity contribution >= 4 is 23.2 Å². The number of nitrogens with two attached hydrogens (primary N) is 1. The first-order chi connectivity index (χ1) is 16.1. The van der Waals surface area contributed by atoms with E-state index in [2.05, 4.69) is 4.98 Å². The van der Waals surface area contributed by atoms with Crippen molar-refractivity contribution in [3.63, 3.8) is 0 Å². The highest BCUT2D eigenvalue weighted by atomic mass is 16.3. The Morgan fingerprint density at radius 2 is 1.85 bits per heavy atom. The summed E-state index contributed by atoms with van der Waals surface area (Å²) in [5, 5.41) is 43.6. The molecule has 0 saturated heterocycles. The minimum Gasteiger partial charge on any atom is -0.508 e. The molecule has 34 heavy (non-hydrogen) atoms. The first kappa shape index (κ1) is 21.8. The molecule has 3 atom stereocenters. The van der Waals surface area contributed by atoms with Gasteiger partial charge in [0.05, 0.1) is 11.3 Å². The number of phenols is 1. The predicted octanol–water partition coefficient (Wildman–Crippen LogP) is 1.79. The topological polar surface area (TPSA) is 171 Å². The number of rotatable bonds is 2. The third-order valence-corrected chi connectivity index (χ3v) is 7.11. The quantitative estimate of drug-likeness (QED) is 0.420. The third kappa shape index (κ3) is 2.83. The number of aliphatic hydroxyl groups excluding tert-OH is 2. The number of carbonyl (C=O) groups excluding carboxylic acids is 3. The highest BCUT2D eigenvalue weighted by Crippen LogP contribution is 2.52. The Balaban J connectivity index is 1.71. The Labute approximate surface area is 193 Å². The molecule has 174 valence electrons. The van der Waals surface area contributed by atoms with Crippen LogP contribution in [0.4, 0.5) is 0 Å². The lowest BCUT2D eigenvalue weighted by Crippen LogP contribution is -2.58. The van der Waals surface area contributed by atoms with Gasteiger partial charge in [-0.3, -0.25) is 19.4 Å². The average molecular weight is 462 g/mol. The van der Waals surface area contributed by atoms with E-state index >= 15 is 0 Å². The summed E-state index contributed by atoms with van der Waals surface area (Å²) in [6.45, 7) is 1.84. The van der Waals surface area contributed by atoms with E-state index < -0.39 is 52.0 Å². The smallest absolute Gasteiger partial charge is 0.255 e. The summed E-state index contributed by atoms with van der Waals surface area (Å²) in [7, 11) is 0. The standard InChI is InChI=1S/C25H22N2O7/c1-10-3-2-4-15(27-10)13-5-6-16(28)19-14(13)8-11-7-12-9-17(29)20(24(26)33)23(32)25(12,34)22(31)18(11)21(19)30/h2-6,11-12,28,30,32,34H,7-9H2,1H3,(H2,26,33)/t11-,12+,25+/m1/s1. The molecule has 1 saturated carbocycles. The molecule has 1 aromatic heterocycles. The first-order valence-corrected chi connectivity index (χ1v) is 10.8. The fourth-order valence-corrected chi connectivity index (χ4v) is 5.55. The predicted molar refractivity (Wildman–Crippen MR) is 119 cm³/mol. The van der Waals surface area contributed by atoms with Crippen LogP contribution >= 0.6 is 0 Å². The summed E-state index contributed by atoms with van der Waals surface area (Å²) < 4.78 is 0. The van der Waals surface area contributed by atoms with Gasteiger partial charge in [-0.1, -0.05) is 6.07 Å². The zero-order valence-corrected chi connectivity index (χ0v) is 18.2. The number of ketones is 2. The van der Waals surface area contributed by atoms with Gasteiger partial charge in [-0.05, 0) is 55.5 Å². The van der Waals surface area contributed by atoms with E-state index in [1.165, 1.54) is 6.07 Å². The maximum atomic E-state index is 13.5. The molecule has 1 fully saturated rings. The fourth-order valence-electron chi connectivity index (χ4n) is 5.55. The zero-order chi connectivity index (χ0) is 24.5. The van der Waals surface area contributed by atoms with Gasteiger partial charge in [0.2, 0.25) is 5.78 Å². The van der Waals surface area contributed by atoms with Crippen LogP contribution in [0.1, 0.15) is 29.7 Å². The molecule has 9 heteroatoms. The molecule has 3 aliphatic rings. The molecule has 1 heterocycles. The fraction of sp³-hybridized carbons (Fsp3) is 0.280. The number of aryl methyl sites for hydroxylation is 1. The SMILES string of the molecule is Cc1cccc(-c2ccc(O)c3c2C[C@H]2C[C@H]4CC(=O)C(C(N)=O)=C(O)[C@@]4(O)C(=O)C2=C3O)n1. The second-order valence-electron chi connectivity index (χ2n) is 9.06. The molecule has 9 nitrogen and oxygen atoms in total. The lowest BCUT2D eigenvalue weighted by atomic mass is 9.59. The van der Waals surface area contributed by atoms with Gasteiger partial charge in [0.1, 0.15) is 22.8 Å². The average Bonchev–Trinajstić information content (AvgIpc) is 2.76. The molecule has 2 aromatic rings. The van der Waals surface area contributed by atoms with Crippen LogP contribution in [0, 0.1) is 18.8 Å². The van der Waals surface area contributed by atoms with Crippen LogP contribution in [0.3, 0.4) is 0 Å². The van der Waals surface area contributed by atoms with Crippen LogP contribution < -0.4 is 5.73 Å². The second-order valence-corrected chi connectivity index (χ2v) is 9.06. The summed E-state index contributed by atoms with van der Waals surface area (Å²) >= 11 is 0. The van der Waals surface area contributed by atoms with Gasteiger partial charge in [0.15, 0.2) is 11.4 Å². The number of aromatic nitrogens is 1. The van der Waals surface area contributed by atoms with E-state index in [0.717, 1.165) is 5.69 Å². The number of phenolic OH excluding ortho intramolecular Hbond substituents is 1. The van der Waals surface area contributed by atoms with Crippen LogP contribution in [0.15, 0.2) is 47.2 Å². The molecule has 1 amide bonds. The molecule has 5 rings (SSSR count). The van der Waals surface area contributed by atoms with Gasteiger partial charge in [-0.2, -0.15) is 0 Å². The van der Waals surface area contributed by atoms with Crippen LogP contribution in [0.25, 0.3) is 17.0 Å². The minimum absolute atomic E-state index is 0.0490. The lowest BCUT2D eigenvalue weighted by Gasteiger charge is -2.46. The molecule has 0 unspecified atom stereocenters. The second kappa shape index (κ2) is 7.26. The van der Waals surface area contributed by atoms with Gasteiger partial charge < -0.3 is 26.2 Å². The molecular formula is C25H22N2O7. The monoisotopic (exact) mass is 462 g/mol. The highest BCUT2D eigenvalue weighted by Gasteiger charge is 2.60. The Morgan fingerprint density at radius 1 is 1.12 bits per heavy atom. The van der Waals surface area contributed by atoms with Gasteiger partial charge in [0.25, 0.3) is 5.91 Å². The van der Waals surface area contributed by atoms with Crippen molar-refractivity contribution in [2.45, 2.75) is 31.8 Å². The summed E-state index contributed by atoms with van der Waals surface area (Å²) in [5.41, 5.74) is 4.37. The van der Waals surface area contributed by atoms with Gasteiger partial charge >= 0.3 is 0 Å². The zero-order valence-electron chi connectivity index (χ0n) is 18.2. The molecule has 0 radical (unpaired) electrons.